The molecule has 0 saturated heterocycles. The van der Waals surface area contributed by atoms with Crippen LogP contribution in [0.1, 0.15) is 25.0 Å². The SMILES string of the molecule is CO/C=C(/C(=O)OC)c1ccccc1COc1cccc(NCC(C)C)c1. The van der Waals surface area contributed by atoms with Gasteiger partial charge in [0.2, 0.25) is 0 Å². The second-order valence-corrected chi connectivity index (χ2v) is 6.51. The molecule has 5 heteroatoms. The lowest BCUT2D eigenvalue weighted by atomic mass is 10.0. The molecule has 5 nitrogen and oxygen atoms in total. The fraction of sp³-hybridized carbons (Fsp3) is 0.318. The molecule has 0 atom stereocenters. The Kier molecular flexibility index (Phi) is 7.74. The number of carbonyl (C=O) groups is 1. The molecule has 2 aromatic carbocycles. The van der Waals surface area contributed by atoms with Crippen molar-refractivity contribution in [3.05, 3.63) is 65.9 Å². The first-order valence-corrected chi connectivity index (χ1v) is 8.91. The lowest BCUT2D eigenvalue weighted by molar-refractivity contribution is -0.133. The molecule has 0 spiro atoms. The number of methoxy groups -OCH3 is 2. The Labute approximate surface area is 161 Å². The van der Waals surface area contributed by atoms with Gasteiger partial charge in [-0.05, 0) is 29.2 Å². The van der Waals surface area contributed by atoms with Gasteiger partial charge in [-0.1, -0.05) is 44.2 Å². The first-order chi connectivity index (χ1) is 13.0. The minimum Gasteiger partial charge on any atom is -0.503 e. The van der Waals surface area contributed by atoms with Gasteiger partial charge in [0.1, 0.15) is 17.9 Å². The van der Waals surface area contributed by atoms with Crippen LogP contribution in [-0.4, -0.2) is 26.7 Å². The van der Waals surface area contributed by atoms with E-state index in [0.29, 0.717) is 18.1 Å². The largest absolute Gasteiger partial charge is 0.503 e. The number of nitrogens with one attached hydrogen (secondary N) is 1. The summed E-state index contributed by atoms with van der Waals surface area (Å²) in [5.74, 6) is 0.865. The second-order valence-electron chi connectivity index (χ2n) is 6.51. The van der Waals surface area contributed by atoms with Gasteiger partial charge in [-0.15, -0.1) is 0 Å². The van der Waals surface area contributed by atoms with E-state index in [1.54, 1.807) is 0 Å². The van der Waals surface area contributed by atoms with Gasteiger partial charge in [-0.25, -0.2) is 4.79 Å². The van der Waals surface area contributed by atoms with Crippen LogP contribution in [0.15, 0.2) is 54.8 Å². The molecule has 1 N–H and O–H groups in total. The molecular weight excluding hydrogens is 342 g/mol. The van der Waals surface area contributed by atoms with Crippen LogP contribution in [0.4, 0.5) is 5.69 Å². The van der Waals surface area contributed by atoms with Gasteiger partial charge in [-0.2, -0.15) is 0 Å². The highest BCUT2D eigenvalue weighted by Crippen LogP contribution is 2.24. The van der Waals surface area contributed by atoms with Crippen molar-refractivity contribution in [1.29, 1.82) is 0 Å². The summed E-state index contributed by atoms with van der Waals surface area (Å²) in [6, 6.07) is 15.4. The van der Waals surface area contributed by atoms with Crippen molar-refractivity contribution >= 4 is 17.2 Å². The van der Waals surface area contributed by atoms with E-state index >= 15 is 0 Å². The number of esters is 1. The summed E-state index contributed by atoms with van der Waals surface area (Å²) >= 11 is 0. The van der Waals surface area contributed by atoms with E-state index in [9.17, 15) is 4.79 Å². The van der Waals surface area contributed by atoms with Crippen LogP contribution in [0.2, 0.25) is 0 Å². The van der Waals surface area contributed by atoms with Gasteiger partial charge in [0, 0.05) is 18.3 Å². The summed E-state index contributed by atoms with van der Waals surface area (Å²) in [6.45, 7) is 5.55. The molecule has 0 saturated carbocycles. The maximum Gasteiger partial charge on any atom is 0.341 e. The number of rotatable bonds is 9. The topological polar surface area (TPSA) is 56.8 Å². The monoisotopic (exact) mass is 369 g/mol. The standard InChI is InChI=1S/C22H27NO4/c1-16(2)13-23-18-9-7-10-19(12-18)27-14-17-8-5-6-11-20(17)21(15-25-3)22(24)26-4/h5-12,15-16,23H,13-14H2,1-4H3/b21-15+. The van der Waals surface area contributed by atoms with Crippen molar-refractivity contribution < 1.29 is 19.0 Å². The molecule has 0 radical (unpaired) electrons. The fourth-order valence-corrected chi connectivity index (χ4v) is 2.54. The quantitative estimate of drug-likeness (QED) is 0.401. The summed E-state index contributed by atoms with van der Waals surface area (Å²) in [7, 11) is 2.85. The molecule has 0 aliphatic heterocycles. The van der Waals surface area contributed by atoms with E-state index in [0.717, 1.165) is 29.1 Å². The fourth-order valence-electron chi connectivity index (χ4n) is 2.54. The normalized spacial score (nSPS) is 11.2. The molecule has 144 valence electrons. The molecule has 2 rings (SSSR count). The van der Waals surface area contributed by atoms with E-state index in [2.05, 4.69) is 19.2 Å². The van der Waals surface area contributed by atoms with E-state index < -0.39 is 5.97 Å². The molecule has 0 heterocycles. The lowest BCUT2D eigenvalue weighted by Crippen LogP contribution is -2.09. The molecule has 0 fully saturated rings. The van der Waals surface area contributed by atoms with Gasteiger partial charge in [0.05, 0.1) is 20.5 Å². The highest BCUT2D eigenvalue weighted by atomic mass is 16.5. The first-order valence-electron chi connectivity index (χ1n) is 8.91. The Hall–Kier alpha value is -2.95. The van der Waals surface area contributed by atoms with Crippen LogP contribution < -0.4 is 10.1 Å². The van der Waals surface area contributed by atoms with Crippen LogP contribution >= 0.6 is 0 Å². The zero-order valence-corrected chi connectivity index (χ0v) is 16.3. The van der Waals surface area contributed by atoms with E-state index in [4.69, 9.17) is 14.2 Å². The van der Waals surface area contributed by atoms with Crippen molar-refractivity contribution in [2.75, 3.05) is 26.1 Å². The van der Waals surface area contributed by atoms with Crippen molar-refractivity contribution in [3.63, 3.8) is 0 Å². The Balaban J connectivity index is 2.16. The van der Waals surface area contributed by atoms with Gasteiger partial charge in [-0.3, -0.25) is 0 Å². The molecule has 0 unspecified atom stereocenters. The molecule has 0 aromatic heterocycles. The zero-order chi connectivity index (χ0) is 19.6. The van der Waals surface area contributed by atoms with Gasteiger partial charge < -0.3 is 19.5 Å². The summed E-state index contributed by atoms with van der Waals surface area (Å²) in [4.78, 5) is 12.1. The first kappa shape index (κ1) is 20.4. The van der Waals surface area contributed by atoms with Crippen LogP contribution in [0.5, 0.6) is 5.75 Å². The number of hydrogen-bond donors (Lipinski definition) is 1. The molecule has 27 heavy (non-hydrogen) atoms. The molecule has 0 bridgehead atoms. The average Bonchev–Trinajstić information content (AvgIpc) is 2.69. The number of benzene rings is 2. The molecule has 2 aromatic rings. The number of carbonyl (C=O) groups excluding carboxylic acids is 1. The van der Waals surface area contributed by atoms with Crippen LogP contribution in [0.25, 0.3) is 5.57 Å². The minimum absolute atomic E-state index is 0.321. The van der Waals surface area contributed by atoms with Crippen molar-refractivity contribution in [1.82, 2.24) is 0 Å². The third kappa shape index (κ3) is 6.06. The Morgan fingerprint density at radius 3 is 2.59 bits per heavy atom. The van der Waals surface area contributed by atoms with Crippen LogP contribution in [-0.2, 0) is 20.9 Å². The maximum absolute atomic E-state index is 12.1. The third-order valence-corrected chi connectivity index (χ3v) is 3.89. The number of anilines is 1. The molecule has 0 aliphatic carbocycles. The minimum atomic E-state index is -0.454. The number of ether oxygens (including phenoxy) is 3. The summed E-state index contributed by atoms with van der Waals surface area (Å²) in [5.41, 5.74) is 2.96. The predicted octanol–water partition coefficient (Wildman–Crippen LogP) is 4.49. The Morgan fingerprint density at radius 1 is 1.11 bits per heavy atom. The highest BCUT2D eigenvalue weighted by molar-refractivity contribution is 6.16. The maximum atomic E-state index is 12.1. The Morgan fingerprint density at radius 2 is 1.89 bits per heavy atom. The van der Waals surface area contributed by atoms with E-state index in [1.807, 2.05) is 48.5 Å². The molecule has 0 aliphatic rings. The average molecular weight is 369 g/mol. The van der Waals surface area contributed by atoms with Gasteiger partial charge in [0.15, 0.2) is 0 Å². The Bertz CT molecular complexity index is 783. The summed E-state index contributed by atoms with van der Waals surface area (Å²) < 4.78 is 15.9. The van der Waals surface area contributed by atoms with Gasteiger partial charge >= 0.3 is 5.97 Å². The third-order valence-electron chi connectivity index (χ3n) is 3.89. The van der Waals surface area contributed by atoms with Crippen molar-refractivity contribution in [2.45, 2.75) is 20.5 Å². The van der Waals surface area contributed by atoms with Crippen molar-refractivity contribution in [3.8, 4) is 5.75 Å². The summed E-state index contributed by atoms with van der Waals surface area (Å²) in [5, 5.41) is 3.38. The van der Waals surface area contributed by atoms with E-state index in [-0.39, 0.29) is 0 Å². The second kappa shape index (κ2) is 10.3. The summed E-state index contributed by atoms with van der Waals surface area (Å²) in [6.07, 6.45) is 1.39. The van der Waals surface area contributed by atoms with Crippen LogP contribution in [0.3, 0.4) is 0 Å². The highest BCUT2D eigenvalue weighted by Gasteiger charge is 2.16. The van der Waals surface area contributed by atoms with E-state index in [1.165, 1.54) is 20.5 Å². The smallest absolute Gasteiger partial charge is 0.341 e. The lowest BCUT2D eigenvalue weighted by Gasteiger charge is -2.14. The zero-order valence-electron chi connectivity index (χ0n) is 16.3. The van der Waals surface area contributed by atoms with Crippen LogP contribution in [0, 0.1) is 5.92 Å². The van der Waals surface area contributed by atoms with Crippen molar-refractivity contribution in [2.24, 2.45) is 5.92 Å². The number of hydrogen-bond acceptors (Lipinski definition) is 5. The molecular formula is C22H27NO4. The molecule has 0 amide bonds. The predicted molar refractivity (Wildman–Crippen MR) is 108 cm³/mol. The van der Waals surface area contributed by atoms with Gasteiger partial charge in [0.25, 0.3) is 0 Å².